The number of hydrogen-bond acceptors (Lipinski definition) is 7. The molecule has 3 aromatic heterocycles. The van der Waals surface area contributed by atoms with Gasteiger partial charge in [-0.3, -0.25) is 9.69 Å². The highest BCUT2D eigenvalue weighted by Gasteiger charge is 2.54. The standard InChI is InChI=1S/C27H26F2N6O2/c1-15(17-6-4-7-18-21(29)13-37-22(17)18)31-24-19-12-35(25-20(28)8-5-10-30-25)26(36)27(9-11-34(3)14-27)23(19)32-16(2)33-24/h4-8,10,13,15H,9,11-12,14H2,1-3H3,(H,31,32,33)/t15-,27?/m1/s1. The van der Waals surface area contributed by atoms with Crippen LogP contribution in [0.2, 0.25) is 0 Å². The number of halogens is 2. The Hall–Kier alpha value is -3.92. The van der Waals surface area contributed by atoms with Gasteiger partial charge in [0.2, 0.25) is 5.91 Å². The maximum absolute atomic E-state index is 14.9. The Labute approximate surface area is 212 Å². The topological polar surface area (TPSA) is 87.4 Å². The van der Waals surface area contributed by atoms with Crippen molar-refractivity contribution in [3.63, 3.8) is 0 Å². The van der Waals surface area contributed by atoms with Crippen LogP contribution in [-0.2, 0) is 16.8 Å². The molecule has 0 radical (unpaired) electrons. The first-order chi connectivity index (χ1) is 17.8. The molecule has 8 nitrogen and oxygen atoms in total. The number of nitrogens with zero attached hydrogens (tertiary/aromatic N) is 5. The molecule has 190 valence electrons. The first-order valence-corrected chi connectivity index (χ1v) is 12.2. The van der Waals surface area contributed by atoms with Crippen LogP contribution in [0, 0.1) is 18.6 Å². The van der Waals surface area contributed by atoms with Crippen molar-refractivity contribution in [2.45, 2.75) is 38.3 Å². The molecule has 1 fully saturated rings. The number of furan rings is 1. The van der Waals surface area contributed by atoms with Gasteiger partial charge in [0.1, 0.15) is 28.9 Å². The number of benzene rings is 1. The normalized spacial score (nSPS) is 20.6. The van der Waals surface area contributed by atoms with E-state index < -0.39 is 17.0 Å². The van der Waals surface area contributed by atoms with Crippen LogP contribution in [0.25, 0.3) is 11.0 Å². The second-order valence-electron chi connectivity index (χ2n) is 9.89. The monoisotopic (exact) mass is 504 g/mol. The molecule has 10 heteroatoms. The number of nitrogens with one attached hydrogen (secondary N) is 1. The van der Waals surface area contributed by atoms with Crippen LogP contribution in [-0.4, -0.2) is 45.9 Å². The first-order valence-electron chi connectivity index (χ1n) is 12.2. The molecular weight excluding hydrogens is 478 g/mol. The van der Waals surface area contributed by atoms with E-state index in [-0.39, 0.29) is 24.3 Å². The minimum absolute atomic E-state index is 0.0116. The Balaban J connectivity index is 1.48. The molecule has 1 saturated heterocycles. The number of hydrogen-bond donors (Lipinski definition) is 1. The predicted octanol–water partition coefficient (Wildman–Crippen LogP) is 4.50. The highest BCUT2D eigenvalue weighted by atomic mass is 19.1. The van der Waals surface area contributed by atoms with Gasteiger partial charge in [0.15, 0.2) is 17.5 Å². The number of aromatic nitrogens is 3. The molecule has 4 aromatic rings. The summed E-state index contributed by atoms with van der Waals surface area (Å²) >= 11 is 0. The van der Waals surface area contributed by atoms with Gasteiger partial charge in [0.05, 0.1) is 23.7 Å². The van der Waals surface area contributed by atoms with Crippen molar-refractivity contribution in [1.29, 1.82) is 0 Å². The maximum Gasteiger partial charge on any atom is 0.242 e. The zero-order chi connectivity index (χ0) is 25.9. The fourth-order valence-corrected chi connectivity index (χ4v) is 5.64. The minimum atomic E-state index is -0.941. The molecule has 1 N–H and O–H groups in total. The van der Waals surface area contributed by atoms with Crippen LogP contribution in [0.3, 0.4) is 0 Å². The average Bonchev–Trinajstić information content (AvgIpc) is 3.46. The zero-order valence-corrected chi connectivity index (χ0v) is 20.8. The number of aryl methyl sites for hydroxylation is 1. The smallest absolute Gasteiger partial charge is 0.242 e. The fraction of sp³-hybridized carbons (Fsp3) is 0.333. The Kier molecular flexibility index (Phi) is 5.45. The summed E-state index contributed by atoms with van der Waals surface area (Å²) in [6.45, 7) is 4.96. The van der Waals surface area contributed by atoms with Crippen molar-refractivity contribution >= 4 is 28.5 Å². The zero-order valence-electron chi connectivity index (χ0n) is 20.8. The molecule has 37 heavy (non-hydrogen) atoms. The molecule has 5 heterocycles. The number of carbonyl (C=O) groups is 1. The number of fused-ring (bicyclic) bond motifs is 3. The molecular formula is C27H26F2N6O2. The summed E-state index contributed by atoms with van der Waals surface area (Å²) in [4.78, 5) is 31.1. The second kappa shape index (κ2) is 8.58. The van der Waals surface area contributed by atoms with E-state index in [0.717, 1.165) is 17.4 Å². The Morgan fingerprint density at radius 1 is 1.16 bits per heavy atom. The van der Waals surface area contributed by atoms with Crippen molar-refractivity contribution in [3.05, 3.63) is 77.1 Å². The van der Waals surface area contributed by atoms with Gasteiger partial charge in [-0.05, 0) is 52.1 Å². The van der Waals surface area contributed by atoms with Crippen molar-refractivity contribution in [1.82, 2.24) is 19.9 Å². The van der Waals surface area contributed by atoms with E-state index in [4.69, 9.17) is 14.4 Å². The molecule has 2 atom stereocenters. The summed E-state index contributed by atoms with van der Waals surface area (Å²) < 4.78 is 34.5. The van der Waals surface area contributed by atoms with Crippen molar-refractivity contribution in [2.75, 3.05) is 30.4 Å². The molecule has 0 aliphatic carbocycles. The summed E-state index contributed by atoms with van der Waals surface area (Å²) in [7, 11) is 1.96. The second-order valence-corrected chi connectivity index (χ2v) is 9.89. The van der Waals surface area contributed by atoms with E-state index in [1.807, 2.05) is 20.0 Å². The number of pyridine rings is 1. The van der Waals surface area contributed by atoms with Crippen LogP contribution in [0.1, 0.15) is 42.0 Å². The first kappa shape index (κ1) is 23.5. The highest BCUT2D eigenvalue weighted by molar-refractivity contribution is 6.03. The molecule has 1 spiro atoms. The maximum atomic E-state index is 14.9. The predicted molar refractivity (Wildman–Crippen MR) is 134 cm³/mol. The lowest BCUT2D eigenvalue weighted by Gasteiger charge is -2.40. The minimum Gasteiger partial charge on any atom is -0.461 e. The third kappa shape index (κ3) is 3.66. The number of para-hydroxylation sites is 1. The van der Waals surface area contributed by atoms with Gasteiger partial charge in [0, 0.05) is 23.9 Å². The highest BCUT2D eigenvalue weighted by Crippen LogP contribution is 2.44. The lowest BCUT2D eigenvalue weighted by Crippen LogP contribution is -2.54. The number of anilines is 2. The quantitative estimate of drug-likeness (QED) is 0.438. The summed E-state index contributed by atoms with van der Waals surface area (Å²) in [5.41, 5.74) is 1.67. The van der Waals surface area contributed by atoms with Crippen molar-refractivity contribution < 1.29 is 18.0 Å². The summed E-state index contributed by atoms with van der Waals surface area (Å²) in [6, 6.07) is 7.81. The van der Waals surface area contributed by atoms with Gasteiger partial charge in [-0.1, -0.05) is 12.1 Å². The number of carbonyl (C=O) groups excluding carboxylic acids is 1. The van der Waals surface area contributed by atoms with Gasteiger partial charge in [-0.25, -0.2) is 23.7 Å². The Morgan fingerprint density at radius 2 is 2.00 bits per heavy atom. The van der Waals surface area contributed by atoms with E-state index in [0.29, 0.717) is 47.8 Å². The van der Waals surface area contributed by atoms with E-state index in [1.54, 1.807) is 19.1 Å². The van der Waals surface area contributed by atoms with Crippen LogP contribution in [0.5, 0.6) is 0 Å². The van der Waals surface area contributed by atoms with Crippen LogP contribution in [0.15, 0.2) is 47.2 Å². The Bertz CT molecular complexity index is 1540. The molecule has 1 unspecified atom stereocenters. The summed E-state index contributed by atoms with van der Waals surface area (Å²) in [5, 5.41) is 3.85. The third-order valence-electron chi connectivity index (χ3n) is 7.40. The molecule has 2 aliphatic rings. The Morgan fingerprint density at radius 3 is 2.76 bits per heavy atom. The van der Waals surface area contributed by atoms with Gasteiger partial charge < -0.3 is 14.6 Å². The van der Waals surface area contributed by atoms with E-state index in [2.05, 4.69) is 15.2 Å². The fourth-order valence-electron chi connectivity index (χ4n) is 5.64. The van der Waals surface area contributed by atoms with E-state index in [1.165, 1.54) is 23.2 Å². The van der Waals surface area contributed by atoms with E-state index in [9.17, 15) is 13.6 Å². The average molecular weight is 505 g/mol. The SMILES string of the molecule is Cc1nc(N[C@H](C)c2cccc3c(F)coc23)c2c(n1)C1(CCN(C)C1)C(=O)N(c1ncccc1F)C2. The number of likely N-dealkylation sites (tertiary alicyclic amines) is 1. The largest absolute Gasteiger partial charge is 0.461 e. The van der Waals surface area contributed by atoms with Gasteiger partial charge in [0.25, 0.3) is 0 Å². The summed E-state index contributed by atoms with van der Waals surface area (Å²) in [5.74, 6) is -0.143. The molecule has 1 amide bonds. The van der Waals surface area contributed by atoms with Gasteiger partial charge in [-0.15, -0.1) is 0 Å². The third-order valence-corrected chi connectivity index (χ3v) is 7.40. The van der Waals surface area contributed by atoms with Crippen LogP contribution in [0.4, 0.5) is 20.4 Å². The molecule has 2 aliphatic heterocycles. The van der Waals surface area contributed by atoms with Crippen LogP contribution < -0.4 is 10.2 Å². The molecule has 6 rings (SSSR count). The lowest BCUT2D eigenvalue weighted by molar-refractivity contribution is -0.124. The molecule has 1 aromatic carbocycles. The molecule has 0 bridgehead atoms. The number of likely N-dealkylation sites (N-methyl/N-ethyl adjacent to an activating group) is 1. The van der Waals surface area contributed by atoms with Gasteiger partial charge >= 0.3 is 0 Å². The van der Waals surface area contributed by atoms with Crippen LogP contribution >= 0.6 is 0 Å². The lowest BCUT2D eigenvalue weighted by atomic mass is 9.76. The van der Waals surface area contributed by atoms with Crippen molar-refractivity contribution in [2.24, 2.45) is 0 Å². The van der Waals surface area contributed by atoms with Crippen molar-refractivity contribution in [3.8, 4) is 0 Å². The van der Waals surface area contributed by atoms with Gasteiger partial charge in [-0.2, -0.15) is 0 Å². The number of rotatable bonds is 4. The molecule has 0 saturated carbocycles. The van der Waals surface area contributed by atoms with E-state index >= 15 is 0 Å². The number of amides is 1. The summed E-state index contributed by atoms with van der Waals surface area (Å²) in [6.07, 6.45) is 3.13.